The van der Waals surface area contributed by atoms with Crippen LogP contribution in [-0.4, -0.2) is 10.0 Å². The molecule has 0 saturated carbocycles. The fraction of sp³-hybridized carbons (Fsp3) is 0. The molecule has 0 unspecified atom stereocenters. The fourth-order valence-electron chi connectivity index (χ4n) is 1.23. The van der Waals surface area contributed by atoms with Crippen molar-refractivity contribution >= 4 is 11.4 Å². The summed E-state index contributed by atoms with van der Waals surface area (Å²) in [5, 5.41) is 37.0. The van der Waals surface area contributed by atoms with Gasteiger partial charge in [-0.05, 0) is 24.3 Å². The van der Waals surface area contributed by atoms with Gasteiger partial charge in [-0.15, -0.1) is 0 Å². The van der Waals surface area contributed by atoms with E-state index in [-0.39, 0.29) is 11.3 Å². The number of allylic oxidation sites excluding steroid dienone is 3. The lowest BCUT2D eigenvalue weighted by molar-refractivity contribution is -0.385. The summed E-state index contributed by atoms with van der Waals surface area (Å²) >= 11 is 0. The van der Waals surface area contributed by atoms with Crippen molar-refractivity contribution in [3.05, 3.63) is 51.6 Å². The van der Waals surface area contributed by atoms with Crippen LogP contribution in [0.25, 0.3) is 5.70 Å². The second-order valence-corrected chi connectivity index (χ2v) is 3.39. The van der Waals surface area contributed by atoms with E-state index in [4.69, 9.17) is 16.3 Å². The van der Waals surface area contributed by atoms with Gasteiger partial charge in [-0.3, -0.25) is 10.1 Å². The molecule has 0 radical (unpaired) electrons. The molecule has 0 aliphatic heterocycles. The minimum Gasteiger partial charge on any atom is -0.502 e. The summed E-state index contributed by atoms with van der Waals surface area (Å²) in [6, 6.07) is 6.92. The molecule has 7 heteroatoms. The van der Waals surface area contributed by atoms with Gasteiger partial charge in [0.05, 0.1) is 4.92 Å². The first kappa shape index (κ1) is 13.7. The minimum atomic E-state index is -0.720. The summed E-state index contributed by atoms with van der Waals surface area (Å²) in [4.78, 5) is 9.79. The molecule has 1 aromatic carbocycles. The number of aromatic hydroxyl groups is 1. The Morgan fingerprint density at radius 2 is 2.00 bits per heavy atom. The molecule has 0 spiro atoms. The summed E-state index contributed by atoms with van der Waals surface area (Å²) in [5.74, 6) is -0.511. The third-order valence-electron chi connectivity index (χ3n) is 2.18. The molecule has 0 amide bonds. The molecular weight excluding hydrogens is 248 g/mol. The fourth-order valence-corrected chi connectivity index (χ4v) is 1.23. The molecule has 0 heterocycles. The van der Waals surface area contributed by atoms with E-state index in [2.05, 4.69) is 0 Å². The molecule has 0 aliphatic carbocycles. The third-order valence-corrected chi connectivity index (χ3v) is 2.18. The smallest absolute Gasteiger partial charge is 0.310 e. The number of phenolic OH excluding ortho intramolecular Hbond substituents is 1. The van der Waals surface area contributed by atoms with Crippen molar-refractivity contribution in [3.63, 3.8) is 0 Å². The quantitative estimate of drug-likeness (QED) is 0.364. The largest absolute Gasteiger partial charge is 0.502 e. The lowest BCUT2D eigenvalue weighted by Gasteiger charge is -2.02. The van der Waals surface area contributed by atoms with E-state index >= 15 is 0 Å². The summed E-state index contributed by atoms with van der Waals surface area (Å²) in [7, 11) is 0. The Labute approximate surface area is 108 Å². The molecule has 0 fully saturated rings. The number of nitrogens with two attached hydrogens (primary N) is 1. The molecule has 0 aromatic heterocycles. The van der Waals surface area contributed by atoms with E-state index in [1.165, 1.54) is 18.2 Å². The van der Waals surface area contributed by atoms with Crippen molar-refractivity contribution in [2.75, 3.05) is 0 Å². The van der Waals surface area contributed by atoms with Crippen LogP contribution in [0.5, 0.6) is 5.75 Å². The van der Waals surface area contributed by atoms with Gasteiger partial charge in [0.2, 0.25) is 0 Å². The van der Waals surface area contributed by atoms with Crippen molar-refractivity contribution in [3.8, 4) is 17.9 Å². The van der Waals surface area contributed by atoms with Crippen LogP contribution in [-0.2, 0) is 0 Å². The second-order valence-electron chi connectivity index (χ2n) is 3.39. The molecule has 0 bridgehead atoms. The number of phenols is 1. The number of nitro benzene ring substituents is 1. The Morgan fingerprint density at radius 1 is 1.37 bits per heavy atom. The lowest BCUT2D eigenvalue weighted by Crippen LogP contribution is -1.97. The van der Waals surface area contributed by atoms with Crippen LogP contribution in [0.1, 0.15) is 5.56 Å². The van der Waals surface area contributed by atoms with E-state index < -0.39 is 16.4 Å². The lowest BCUT2D eigenvalue weighted by atomic mass is 10.1. The van der Waals surface area contributed by atoms with Crippen molar-refractivity contribution < 1.29 is 10.0 Å². The molecule has 3 N–H and O–H groups in total. The number of nitrogens with zero attached hydrogens (tertiary/aromatic N) is 3. The zero-order valence-corrected chi connectivity index (χ0v) is 9.57. The Balaban J connectivity index is 3.13. The highest BCUT2D eigenvalue weighted by molar-refractivity contribution is 5.68. The number of hydrogen-bond donors (Lipinski definition) is 2. The molecule has 1 aromatic rings. The van der Waals surface area contributed by atoms with Gasteiger partial charge in [0.15, 0.2) is 5.75 Å². The molecule has 0 saturated heterocycles. The maximum atomic E-state index is 10.5. The SMILES string of the molecule is N#CC(C#N)=CC=C(N)c1ccc([N+](=O)[O-])c(O)c1. The maximum Gasteiger partial charge on any atom is 0.310 e. The standard InChI is InChI=1S/C12H8N4O3/c13-6-8(7-14)1-3-10(15)9-2-4-11(16(18)19)12(17)5-9/h1-5,17H,15H2. The predicted octanol–water partition coefficient (Wildman–Crippen LogP) is 1.57. The Hall–Kier alpha value is -3.32. The number of rotatable bonds is 3. The van der Waals surface area contributed by atoms with Crippen molar-refractivity contribution in [2.24, 2.45) is 5.73 Å². The first-order valence-electron chi connectivity index (χ1n) is 4.95. The van der Waals surface area contributed by atoms with Gasteiger partial charge in [0.25, 0.3) is 0 Å². The van der Waals surface area contributed by atoms with Crippen LogP contribution >= 0.6 is 0 Å². The molecule has 0 aliphatic rings. The zero-order valence-electron chi connectivity index (χ0n) is 9.57. The average Bonchev–Trinajstić information content (AvgIpc) is 2.39. The monoisotopic (exact) mass is 256 g/mol. The maximum absolute atomic E-state index is 10.5. The molecule has 1 rings (SSSR count). The van der Waals surface area contributed by atoms with E-state index in [0.29, 0.717) is 5.56 Å². The molecule has 94 valence electrons. The summed E-state index contributed by atoms with van der Waals surface area (Å²) < 4.78 is 0. The number of nitro groups is 1. The minimum absolute atomic E-state index is 0.130. The zero-order chi connectivity index (χ0) is 14.4. The summed E-state index contributed by atoms with van der Waals surface area (Å²) in [6.07, 6.45) is 2.52. The predicted molar refractivity (Wildman–Crippen MR) is 66.2 cm³/mol. The van der Waals surface area contributed by atoms with Gasteiger partial charge in [0.1, 0.15) is 17.7 Å². The van der Waals surface area contributed by atoms with Crippen LogP contribution in [0.2, 0.25) is 0 Å². The third kappa shape index (κ3) is 3.32. The van der Waals surface area contributed by atoms with Gasteiger partial charge in [-0.25, -0.2) is 0 Å². The molecule has 7 nitrogen and oxygen atoms in total. The normalized spacial score (nSPS) is 10.1. The highest BCUT2D eigenvalue weighted by Crippen LogP contribution is 2.27. The first-order chi connectivity index (χ1) is 8.99. The Bertz CT molecular complexity index is 647. The van der Waals surface area contributed by atoms with Crippen LogP contribution < -0.4 is 5.73 Å². The van der Waals surface area contributed by atoms with Crippen molar-refractivity contribution in [1.82, 2.24) is 0 Å². The average molecular weight is 256 g/mol. The van der Waals surface area contributed by atoms with Crippen LogP contribution in [0.4, 0.5) is 5.69 Å². The summed E-state index contributed by atoms with van der Waals surface area (Å²) in [6.45, 7) is 0. The van der Waals surface area contributed by atoms with Gasteiger partial charge >= 0.3 is 5.69 Å². The van der Waals surface area contributed by atoms with E-state index in [0.717, 1.165) is 12.1 Å². The molecular formula is C12H8N4O3. The van der Waals surface area contributed by atoms with E-state index in [1.54, 1.807) is 12.1 Å². The van der Waals surface area contributed by atoms with Crippen molar-refractivity contribution in [1.29, 1.82) is 10.5 Å². The van der Waals surface area contributed by atoms with Crippen LogP contribution in [0.3, 0.4) is 0 Å². The van der Waals surface area contributed by atoms with Gasteiger partial charge in [0, 0.05) is 17.3 Å². The van der Waals surface area contributed by atoms with Crippen LogP contribution in [0, 0.1) is 32.8 Å². The van der Waals surface area contributed by atoms with Gasteiger partial charge in [-0.2, -0.15) is 10.5 Å². The summed E-state index contributed by atoms with van der Waals surface area (Å²) in [5.41, 5.74) is 5.61. The highest BCUT2D eigenvalue weighted by Gasteiger charge is 2.13. The number of nitriles is 2. The van der Waals surface area contributed by atoms with E-state index in [1.807, 2.05) is 0 Å². The number of benzene rings is 1. The van der Waals surface area contributed by atoms with Crippen LogP contribution in [0.15, 0.2) is 35.9 Å². The molecule has 0 atom stereocenters. The number of hydrogen-bond acceptors (Lipinski definition) is 6. The first-order valence-corrected chi connectivity index (χ1v) is 4.95. The Kier molecular flexibility index (Phi) is 4.23. The topological polar surface area (TPSA) is 137 Å². The van der Waals surface area contributed by atoms with E-state index in [9.17, 15) is 15.2 Å². The Morgan fingerprint density at radius 3 is 2.47 bits per heavy atom. The van der Waals surface area contributed by atoms with Gasteiger partial charge in [-0.1, -0.05) is 0 Å². The molecule has 19 heavy (non-hydrogen) atoms. The highest BCUT2D eigenvalue weighted by atomic mass is 16.6. The second kappa shape index (κ2) is 5.84. The van der Waals surface area contributed by atoms with Crippen molar-refractivity contribution in [2.45, 2.75) is 0 Å². The van der Waals surface area contributed by atoms with Gasteiger partial charge < -0.3 is 10.8 Å².